The van der Waals surface area contributed by atoms with Gasteiger partial charge in [-0.25, -0.2) is 4.79 Å². The zero-order valence-electron chi connectivity index (χ0n) is 20.7. The zero-order chi connectivity index (χ0) is 26.9. The third-order valence-electron chi connectivity index (χ3n) is 4.95. The number of rotatable bonds is 11. The van der Waals surface area contributed by atoms with Crippen molar-refractivity contribution in [1.29, 1.82) is 0 Å². The summed E-state index contributed by atoms with van der Waals surface area (Å²) in [7, 11) is 0. The highest BCUT2D eigenvalue weighted by Crippen LogP contribution is 2.34. The number of hydrogen-bond donors (Lipinski definition) is 1. The van der Waals surface area contributed by atoms with E-state index >= 15 is 0 Å². The van der Waals surface area contributed by atoms with Gasteiger partial charge in [0.2, 0.25) is 5.91 Å². The van der Waals surface area contributed by atoms with Crippen molar-refractivity contribution in [3.05, 3.63) is 57.5 Å². The molecule has 0 radical (unpaired) electrons. The monoisotopic (exact) mass is 546 g/mol. The van der Waals surface area contributed by atoms with Crippen molar-refractivity contribution in [2.24, 2.45) is 0 Å². The molecule has 11 heteroatoms. The minimum Gasteiger partial charge on any atom is -0.490 e. The number of imide groups is 1. The van der Waals surface area contributed by atoms with E-state index in [0.717, 1.165) is 16.7 Å². The second-order valence-corrected chi connectivity index (χ2v) is 9.12. The number of ether oxygens (including phenoxy) is 3. The summed E-state index contributed by atoms with van der Waals surface area (Å²) in [6.07, 6.45) is 2.22. The lowest BCUT2D eigenvalue weighted by atomic mass is 10.2. The number of hydrogen-bond acceptors (Lipinski definition) is 8. The Labute approximate surface area is 224 Å². The lowest BCUT2D eigenvalue weighted by molar-refractivity contribution is -0.127. The summed E-state index contributed by atoms with van der Waals surface area (Å²) in [5, 5.41) is 2.19. The van der Waals surface area contributed by atoms with E-state index in [2.05, 4.69) is 5.32 Å². The van der Waals surface area contributed by atoms with Gasteiger partial charge in [0.1, 0.15) is 6.54 Å². The molecule has 3 amide bonds. The van der Waals surface area contributed by atoms with E-state index in [1.165, 1.54) is 18.2 Å². The molecule has 196 valence electrons. The van der Waals surface area contributed by atoms with Crippen LogP contribution in [0, 0.1) is 0 Å². The van der Waals surface area contributed by atoms with E-state index < -0.39 is 29.6 Å². The largest absolute Gasteiger partial charge is 0.490 e. The van der Waals surface area contributed by atoms with Gasteiger partial charge in [-0.15, -0.1) is 0 Å². The summed E-state index contributed by atoms with van der Waals surface area (Å²) in [5.41, 5.74) is 1.02. The summed E-state index contributed by atoms with van der Waals surface area (Å²) in [6, 6.07) is 9.54. The van der Waals surface area contributed by atoms with Crippen molar-refractivity contribution < 1.29 is 33.4 Å². The number of carbonyl (C=O) groups is 4. The second-order valence-electron chi connectivity index (χ2n) is 7.72. The number of thioether (sulfide) groups is 1. The first-order valence-electron chi connectivity index (χ1n) is 11.7. The van der Waals surface area contributed by atoms with Crippen molar-refractivity contribution in [3.8, 4) is 11.5 Å². The van der Waals surface area contributed by atoms with Crippen LogP contribution in [0.2, 0.25) is 5.02 Å². The highest BCUT2D eigenvalue weighted by Gasteiger charge is 2.36. The summed E-state index contributed by atoms with van der Waals surface area (Å²) < 4.78 is 16.3. The van der Waals surface area contributed by atoms with Gasteiger partial charge < -0.3 is 19.5 Å². The Morgan fingerprint density at radius 2 is 1.76 bits per heavy atom. The quantitative estimate of drug-likeness (QED) is 0.295. The number of carbonyl (C=O) groups excluding carboxylic acids is 4. The van der Waals surface area contributed by atoms with Crippen LogP contribution < -0.4 is 14.8 Å². The molecular formula is C26H27ClN2O7S. The number of halogens is 1. The van der Waals surface area contributed by atoms with Crippen LogP contribution in [0.1, 0.15) is 43.1 Å². The lowest BCUT2D eigenvalue weighted by Gasteiger charge is -2.13. The van der Waals surface area contributed by atoms with Gasteiger partial charge in [-0.3, -0.25) is 19.3 Å². The Bertz CT molecular complexity index is 1230. The summed E-state index contributed by atoms with van der Waals surface area (Å²) >= 11 is 6.82. The van der Waals surface area contributed by atoms with Gasteiger partial charge in [0.25, 0.3) is 11.1 Å². The van der Waals surface area contributed by atoms with Crippen LogP contribution in [0.15, 0.2) is 41.3 Å². The van der Waals surface area contributed by atoms with Crippen molar-refractivity contribution in [2.75, 3.05) is 31.7 Å². The van der Waals surface area contributed by atoms with Crippen LogP contribution in [-0.2, 0) is 14.3 Å². The fourth-order valence-corrected chi connectivity index (χ4v) is 4.35. The number of anilines is 1. The molecule has 3 rings (SSSR count). The molecule has 1 fully saturated rings. The van der Waals surface area contributed by atoms with Gasteiger partial charge in [0, 0.05) is 5.69 Å². The van der Waals surface area contributed by atoms with Crippen LogP contribution in [0.4, 0.5) is 10.5 Å². The predicted molar refractivity (Wildman–Crippen MR) is 142 cm³/mol. The maximum absolute atomic E-state index is 12.9. The van der Waals surface area contributed by atoms with Crippen LogP contribution in [0.25, 0.3) is 6.08 Å². The fourth-order valence-electron chi connectivity index (χ4n) is 3.32. The highest BCUT2D eigenvalue weighted by atomic mass is 35.5. The molecule has 37 heavy (non-hydrogen) atoms. The summed E-state index contributed by atoms with van der Waals surface area (Å²) in [5.74, 6) is -0.705. The van der Waals surface area contributed by atoms with Crippen molar-refractivity contribution in [2.45, 2.75) is 27.2 Å². The first-order chi connectivity index (χ1) is 17.8. The first-order valence-corrected chi connectivity index (χ1v) is 12.9. The molecule has 1 saturated heterocycles. The number of amides is 3. The van der Waals surface area contributed by atoms with Gasteiger partial charge >= 0.3 is 5.97 Å². The third kappa shape index (κ3) is 7.27. The molecule has 0 atom stereocenters. The Morgan fingerprint density at radius 3 is 2.46 bits per heavy atom. The van der Waals surface area contributed by atoms with E-state index in [-0.39, 0.29) is 27.8 Å². The summed E-state index contributed by atoms with van der Waals surface area (Å²) in [6.45, 7) is 6.23. The lowest BCUT2D eigenvalue weighted by Crippen LogP contribution is -2.36. The number of esters is 1. The molecule has 0 saturated carbocycles. The SMILES string of the molecule is CCCOC(=O)c1cc(NC(=O)CN2C(=O)S/C(=C/c3ccc(OCC)c(OCC)c3)C2=O)ccc1Cl. The van der Waals surface area contributed by atoms with Crippen molar-refractivity contribution in [3.63, 3.8) is 0 Å². The van der Waals surface area contributed by atoms with E-state index in [1.807, 2.05) is 20.8 Å². The topological polar surface area (TPSA) is 111 Å². The third-order valence-corrected chi connectivity index (χ3v) is 6.18. The zero-order valence-corrected chi connectivity index (χ0v) is 22.2. The fraction of sp³-hybridized carbons (Fsp3) is 0.308. The normalized spacial score (nSPS) is 14.2. The molecule has 0 spiro atoms. The molecule has 9 nitrogen and oxygen atoms in total. The van der Waals surface area contributed by atoms with E-state index in [4.69, 9.17) is 25.8 Å². The van der Waals surface area contributed by atoms with Gasteiger partial charge in [-0.05, 0) is 74.0 Å². The van der Waals surface area contributed by atoms with E-state index in [0.29, 0.717) is 36.7 Å². The average molecular weight is 547 g/mol. The molecule has 0 unspecified atom stereocenters. The Hall–Kier alpha value is -3.50. The van der Waals surface area contributed by atoms with Gasteiger partial charge in [0.15, 0.2) is 11.5 Å². The van der Waals surface area contributed by atoms with Crippen LogP contribution in [-0.4, -0.2) is 54.3 Å². The van der Waals surface area contributed by atoms with E-state index in [1.54, 1.807) is 24.3 Å². The van der Waals surface area contributed by atoms with Crippen LogP contribution >= 0.6 is 23.4 Å². The highest BCUT2D eigenvalue weighted by molar-refractivity contribution is 8.18. The number of nitrogens with one attached hydrogen (secondary N) is 1. The predicted octanol–water partition coefficient (Wildman–Crippen LogP) is 5.38. The Morgan fingerprint density at radius 1 is 1.03 bits per heavy atom. The maximum atomic E-state index is 12.9. The molecule has 0 bridgehead atoms. The molecule has 2 aromatic rings. The van der Waals surface area contributed by atoms with Gasteiger partial charge in [-0.1, -0.05) is 24.6 Å². The second kappa shape index (κ2) is 13.2. The molecule has 1 aliphatic rings. The van der Waals surface area contributed by atoms with Gasteiger partial charge in [0.05, 0.1) is 35.3 Å². The average Bonchev–Trinajstić information content (AvgIpc) is 3.12. The Balaban J connectivity index is 1.70. The molecule has 1 aliphatic heterocycles. The van der Waals surface area contributed by atoms with Gasteiger partial charge in [-0.2, -0.15) is 0 Å². The first kappa shape index (κ1) is 28.1. The van der Waals surface area contributed by atoms with Crippen LogP contribution in [0.5, 0.6) is 11.5 Å². The minimum atomic E-state index is -0.613. The smallest absolute Gasteiger partial charge is 0.339 e. The minimum absolute atomic E-state index is 0.101. The molecular weight excluding hydrogens is 520 g/mol. The Kier molecular flexibility index (Phi) is 9.99. The van der Waals surface area contributed by atoms with Crippen LogP contribution in [0.3, 0.4) is 0 Å². The standard InChI is InChI=1S/C26H27ClN2O7S/c1-4-11-36-25(32)18-14-17(8-9-19(18)27)28-23(30)15-29-24(31)22(37-26(29)33)13-16-7-10-20(34-5-2)21(12-16)35-6-3/h7-10,12-14H,4-6,11,15H2,1-3H3,(H,28,30)/b22-13+. The molecule has 1 heterocycles. The van der Waals surface area contributed by atoms with Crippen molar-refractivity contribution in [1.82, 2.24) is 4.90 Å². The molecule has 1 N–H and O–H groups in total. The molecule has 2 aromatic carbocycles. The number of benzene rings is 2. The molecule has 0 aliphatic carbocycles. The maximum Gasteiger partial charge on any atom is 0.339 e. The van der Waals surface area contributed by atoms with E-state index in [9.17, 15) is 19.2 Å². The summed E-state index contributed by atoms with van der Waals surface area (Å²) in [4.78, 5) is 51.2. The number of nitrogens with zero attached hydrogens (tertiary/aromatic N) is 1. The molecule has 0 aromatic heterocycles. The van der Waals surface area contributed by atoms with Crippen molar-refractivity contribution >= 4 is 58.1 Å².